The van der Waals surface area contributed by atoms with E-state index >= 15 is 0 Å². The van der Waals surface area contributed by atoms with Crippen molar-refractivity contribution >= 4 is 45.8 Å². The number of phenols is 1. The molecular weight excluding hydrogens is 355 g/mol. The highest BCUT2D eigenvalue weighted by Gasteiger charge is 2.14. The normalized spacial score (nSPS) is 11.7. The van der Waals surface area contributed by atoms with Gasteiger partial charge in [0.05, 0.1) is 10.7 Å². The molecule has 0 spiro atoms. The molecule has 0 saturated carbocycles. The average molecular weight is 365 g/mol. The molecule has 0 bridgehead atoms. The molecule has 0 aliphatic rings. The zero-order chi connectivity index (χ0) is 17.3. The van der Waals surface area contributed by atoms with Crippen LogP contribution in [0.1, 0.15) is 10.6 Å². The molecule has 0 radical (unpaired) electrons. The van der Waals surface area contributed by atoms with Crippen LogP contribution >= 0.6 is 23.2 Å². The van der Waals surface area contributed by atoms with Gasteiger partial charge < -0.3 is 20.0 Å². The summed E-state index contributed by atoms with van der Waals surface area (Å²) in [6, 6.07) is 10.1. The van der Waals surface area contributed by atoms with Crippen molar-refractivity contribution in [3.05, 3.63) is 63.6 Å². The van der Waals surface area contributed by atoms with Gasteiger partial charge in [-0.2, -0.15) is 0 Å². The van der Waals surface area contributed by atoms with Crippen molar-refractivity contribution in [3.63, 3.8) is 0 Å². The highest BCUT2D eigenvalue weighted by atomic mass is 35.5. The molecule has 1 heterocycles. The van der Waals surface area contributed by atoms with E-state index in [-0.39, 0.29) is 27.5 Å². The smallest absolute Gasteiger partial charge is 0.291 e. The first kappa shape index (κ1) is 16.2. The fourth-order valence-corrected chi connectivity index (χ4v) is 2.58. The number of phenolic OH excluding ortho intramolecular Hbond substituents is 1. The van der Waals surface area contributed by atoms with Crippen LogP contribution in [-0.2, 0) is 0 Å². The Hall–Kier alpha value is -2.70. The number of nitrogens with zero attached hydrogens (tertiary/aromatic N) is 1. The molecule has 0 fully saturated rings. The van der Waals surface area contributed by atoms with E-state index in [1.165, 1.54) is 30.3 Å². The number of amides is 1. The van der Waals surface area contributed by atoms with Gasteiger partial charge in [-0.15, -0.1) is 0 Å². The molecular formula is C16H10Cl2N2O4. The highest BCUT2D eigenvalue weighted by Crippen LogP contribution is 2.26. The van der Waals surface area contributed by atoms with Crippen molar-refractivity contribution in [2.24, 2.45) is 5.16 Å². The largest absolute Gasteiger partial charge is 0.508 e. The number of carbonyl (C=O) groups excluding carboxylic acids is 1. The van der Waals surface area contributed by atoms with Crippen LogP contribution in [0.2, 0.25) is 10.0 Å². The average Bonchev–Trinajstić information content (AvgIpc) is 2.55. The molecule has 1 aromatic heterocycles. The number of fused-ring (bicyclic) bond motifs is 1. The van der Waals surface area contributed by atoms with E-state index in [9.17, 15) is 9.90 Å². The molecule has 0 atom stereocenters. The number of aromatic hydroxyl groups is 1. The molecule has 0 aliphatic carbocycles. The third-order valence-electron chi connectivity index (χ3n) is 3.24. The third-order valence-corrected chi connectivity index (χ3v) is 3.79. The number of rotatable bonds is 2. The van der Waals surface area contributed by atoms with Crippen LogP contribution in [0.25, 0.3) is 11.0 Å². The number of hydrogen-bond donors (Lipinski definition) is 3. The molecule has 122 valence electrons. The Morgan fingerprint density at radius 1 is 1.12 bits per heavy atom. The van der Waals surface area contributed by atoms with Crippen molar-refractivity contribution in [2.75, 3.05) is 5.32 Å². The van der Waals surface area contributed by atoms with Gasteiger partial charge in [0.2, 0.25) is 0 Å². The lowest BCUT2D eigenvalue weighted by Gasteiger charge is -2.08. The van der Waals surface area contributed by atoms with Crippen LogP contribution < -0.4 is 10.7 Å². The highest BCUT2D eigenvalue weighted by molar-refractivity contribution is 6.36. The van der Waals surface area contributed by atoms with Gasteiger partial charge in [-0.1, -0.05) is 28.4 Å². The van der Waals surface area contributed by atoms with Crippen LogP contribution in [0, 0.1) is 0 Å². The second kappa shape index (κ2) is 6.43. The SMILES string of the molecule is O=C(Nc1ccc(Cl)cc1Cl)c1c/c(=N/O)c2ccc(O)cc2o1. The van der Waals surface area contributed by atoms with Crippen LogP contribution in [0.3, 0.4) is 0 Å². The van der Waals surface area contributed by atoms with Crippen LogP contribution in [0.5, 0.6) is 5.75 Å². The summed E-state index contributed by atoms with van der Waals surface area (Å²) in [6.45, 7) is 0. The molecule has 6 nitrogen and oxygen atoms in total. The summed E-state index contributed by atoms with van der Waals surface area (Å²) >= 11 is 11.8. The van der Waals surface area contributed by atoms with Gasteiger partial charge in [0.25, 0.3) is 5.91 Å². The Morgan fingerprint density at radius 3 is 2.62 bits per heavy atom. The molecule has 1 amide bonds. The summed E-state index contributed by atoms with van der Waals surface area (Å²) in [5.41, 5.74) is 0.539. The van der Waals surface area contributed by atoms with E-state index in [0.717, 1.165) is 0 Å². The lowest BCUT2D eigenvalue weighted by Crippen LogP contribution is -2.15. The number of nitrogens with one attached hydrogen (secondary N) is 1. The fraction of sp³-hybridized carbons (Fsp3) is 0. The zero-order valence-corrected chi connectivity index (χ0v) is 13.5. The van der Waals surface area contributed by atoms with Crippen LogP contribution in [0.4, 0.5) is 5.69 Å². The molecule has 2 aromatic carbocycles. The van der Waals surface area contributed by atoms with Crippen molar-refractivity contribution in [1.29, 1.82) is 0 Å². The van der Waals surface area contributed by atoms with Gasteiger partial charge in [0.1, 0.15) is 16.7 Å². The Bertz CT molecular complexity index is 1010. The summed E-state index contributed by atoms with van der Waals surface area (Å²) in [5.74, 6) is -0.769. The minimum absolute atomic E-state index is 0.0477. The summed E-state index contributed by atoms with van der Waals surface area (Å²) in [5, 5.41) is 25.7. The molecule has 24 heavy (non-hydrogen) atoms. The maximum atomic E-state index is 12.4. The van der Waals surface area contributed by atoms with E-state index in [1.54, 1.807) is 12.1 Å². The molecule has 3 aromatic rings. The zero-order valence-electron chi connectivity index (χ0n) is 12.0. The fourth-order valence-electron chi connectivity index (χ4n) is 2.13. The standard InChI is InChI=1S/C16H10Cl2N2O4/c17-8-1-4-12(11(18)5-8)19-16(22)15-7-13(20-23)10-3-2-9(21)6-14(10)24-15/h1-7,21,23H,(H,19,22)/b20-13-. The topological polar surface area (TPSA) is 95.1 Å². The first-order chi connectivity index (χ1) is 11.5. The van der Waals surface area contributed by atoms with Gasteiger partial charge >= 0.3 is 0 Å². The predicted molar refractivity (Wildman–Crippen MR) is 89.6 cm³/mol. The minimum Gasteiger partial charge on any atom is -0.508 e. The molecule has 3 rings (SSSR count). The summed E-state index contributed by atoms with van der Waals surface area (Å²) in [4.78, 5) is 12.4. The molecule has 0 unspecified atom stereocenters. The Balaban J connectivity index is 2.03. The summed E-state index contributed by atoms with van der Waals surface area (Å²) in [7, 11) is 0. The monoisotopic (exact) mass is 364 g/mol. The lowest BCUT2D eigenvalue weighted by atomic mass is 10.2. The summed E-state index contributed by atoms with van der Waals surface area (Å²) in [6.07, 6.45) is 0. The van der Waals surface area contributed by atoms with Crippen molar-refractivity contribution in [1.82, 2.24) is 0 Å². The second-order valence-corrected chi connectivity index (χ2v) is 5.70. The Kier molecular flexibility index (Phi) is 4.33. The van der Waals surface area contributed by atoms with E-state index in [1.807, 2.05) is 0 Å². The van der Waals surface area contributed by atoms with E-state index in [0.29, 0.717) is 16.1 Å². The van der Waals surface area contributed by atoms with E-state index < -0.39 is 5.91 Å². The molecule has 3 N–H and O–H groups in total. The van der Waals surface area contributed by atoms with Gasteiger partial charge in [-0.05, 0) is 30.3 Å². The summed E-state index contributed by atoms with van der Waals surface area (Å²) < 4.78 is 5.47. The molecule has 8 heteroatoms. The maximum Gasteiger partial charge on any atom is 0.291 e. The first-order valence-corrected chi connectivity index (χ1v) is 7.45. The quantitative estimate of drug-likeness (QED) is 0.473. The van der Waals surface area contributed by atoms with Crippen molar-refractivity contribution < 1.29 is 19.5 Å². The molecule has 0 aliphatic heterocycles. The number of halogens is 2. The number of anilines is 1. The number of hydrogen-bond acceptors (Lipinski definition) is 5. The Morgan fingerprint density at radius 2 is 1.92 bits per heavy atom. The van der Waals surface area contributed by atoms with Gasteiger partial charge in [0.15, 0.2) is 5.76 Å². The number of benzene rings is 2. The minimum atomic E-state index is -0.602. The first-order valence-electron chi connectivity index (χ1n) is 6.69. The maximum absolute atomic E-state index is 12.4. The van der Waals surface area contributed by atoms with Crippen LogP contribution in [-0.4, -0.2) is 16.2 Å². The Labute approximate surface area is 145 Å². The van der Waals surface area contributed by atoms with E-state index in [2.05, 4.69) is 10.5 Å². The van der Waals surface area contributed by atoms with Gasteiger partial charge in [-0.25, -0.2) is 0 Å². The van der Waals surface area contributed by atoms with Crippen molar-refractivity contribution in [3.8, 4) is 5.75 Å². The van der Waals surface area contributed by atoms with E-state index in [4.69, 9.17) is 32.8 Å². The van der Waals surface area contributed by atoms with Crippen LogP contribution in [0.15, 0.2) is 52.0 Å². The van der Waals surface area contributed by atoms with Gasteiger partial charge in [0, 0.05) is 22.5 Å². The molecule has 0 saturated heterocycles. The lowest BCUT2D eigenvalue weighted by molar-refractivity contribution is 0.0997. The number of carbonyl (C=O) groups is 1. The predicted octanol–water partition coefficient (Wildman–Crippen LogP) is 3.99. The van der Waals surface area contributed by atoms with Crippen molar-refractivity contribution in [2.45, 2.75) is 0 Å². The van der Waals surface area contributed by atoms with Gasteiger partial charge in [-0.3, -0.25) is 4.79 Å². The third kappa shape index (κ3) is 3.15. The second-order valence-electron chi connectivity index (χ2n) is 4.85.